The number of rotatable bonds is 8. The first-order valence-corrected chi connectivity index (χ1v) is 7.99. The first-order chi connectivity index (χ1) is 9.64. The number of anilines is 2. The second kappa shape index (κ2) is 6.42. The van der Waals surface area contributed by atoms with Gasteiger partial charge in [0.05, 0.1) is 0 Å². The predicted octanol–water partition coefficient (Wildman–Crippen LogP) is 3.77. The largest absolute Gasteiger partial charge is 0.370 e. The Morgan fingerprint density at radius 3 is 2.20 bits per heavy atom. The number of hydrogen-bond acceptors (Lipinski definition) is 4. The van der Waals surface area contributed by atoms with Gasteiger partial charge in [-0.1, -0.05) is 13.8 Å². The Morgan fingerprint density at radius 1 is 1.05 bits per heavy atom. The van der Waals surface area contributed by atoms with Crippen LogP contribution in [-0.2, 0) is 6.42 Å². The van der Waals surface area contributed by atoms with E-state index in [0.717, 1.165) is 49.0 Å². The van der Waals surface area contributed by atoms with Crippen molar-refractivity contribution in [1.82, 2.24) is 9.97 Å². The third-order valence-corrected chi connectivity index (χ3v) is 4.35. The highest BCUT2D eigenvalue weighted by Crippen LogP contribution is 2.48. The summed E-state index contributed by atoms with van der Waals surface area (Å²) >= 11 is 0. The Kier molecular flexibility index (Phi) is 4.84. The highest BCUT2D eigenvalue weighted by molar-refractivity contribution is 5.57. The summed E-state index contributed by atoms with van der Waals surface area (Å²) in [6.45, 7) is 10.6. The summed E-state index contributed by atoms with van der Waals surface area (Å²) in [5, 5.41) is 6.92. The van der Waals surface area contributed by atoms with Crippen LogP contribution >= 0.6 is 0 Å². The molecule has 0 unspecified atom stereocenters. The number of hydrogen-bond donors (Lipinski definition) is 2. The lowest BCUT2D eigenvalue weighted by Crippen LogP contribution is -2.18. The minimum atomic E-state index is 0.528. The summed E-state index contributed by atoms with van der Waals surface area (Å²) < 4.78 is 0. The normalized spacial score (nSPS) is 16.0. The molecule has 1 aromatic rings. The minimum absolute atomic E-state index is 0.528. The van der Waals surface area contributed by atoms with Crippen LogP contribution in [0.2, 0.25) is 0 Å². The van der Waals surface area contributed by atoms with Crippen molar-refractivity contribution in [2.24, 2.45) is 5.41 Å². The molecule has 1 aliphatic rings. The number of nitrogens with one attached hydrogen (secondary N) is 2. The van der Waals surface area contributed by atoms with Crippen LogP contribution in [-0.4, -0.2) is 23.1 Å². The number of aromatic nitrogens is 2. The first kappa shape index (κ1) is 15.1. The van der Waals surface area contributed by atoms with Gasteiger partial charge < -0.3 is 10.6 Å². The molecule has 1 heterocycles. The van der Waals surface area contributed by atoms with Gasteiger partial charge in [-0.25, -0.2) is 9.97 Å². The van der Waals surface area contributed by atoms with Gasteiger partial charge in [-0.15, -0.1) is 0 Å². The van der Waals surface area contributed by atoms with Crippen molar-refractivity contribution < 1.29 is 0 Å². The van der Waals surface area contributed by atoms with Gasteiger partial charge >= 0.3 is 0 Å². The van der Waals surface area contributed by atoms with E-state index in [-0.39, 0.29) is 0 Å². The van der Waals surface area contributed by atoms with Gasteiger partial charge in [0.2, 0.25) is 0 Å². The van der Waals surface area contributed by atoms with Gasteiger partial charge in [0.25, 0.3) is 0 Å². The molecular formula is C16H28N4. The molecule has 2 N–H and O–H groups in total. The Bertz CT molecular complexity index is 452. The molecule has 0 saturated heterocycles. The summed E-state index contributed by atoms with van der Waals surface area (Å²) in [5.74, 6) is 2.94. The molecule has 0 aliphatic heterocycles. The average Bonchev–Trinajstić information content (AvgIpc) is 3.22. The number of aryl methyl sites for hydroxylation is 1. The maximum Gasteiger partial charge on any atom is 0.134 e. The molecule has 2 rings (SSSR count). The maximum atomic E-state index is 4.71. The molecule has 20 heavy (non-hydrogen) atoms. The van der Waals surface area contributed by atoms with Crippen LogP contribution < -0.4 is 10.6 Å². The van der Waals surface area contributed by atoms with E-state index in [1.807, 2.05) is 0 Å². The van der Waals surface area contributed by atoms with E-state index in [0.29, 0.717) is 5.41 Å². The van der Waals surface area contributed by atoms with Gasteiger partial charge in [-0.3, -0.25) is 0 Å². The summed E-state index contributed by atoms with van der Waals surface area (Å²) in [6.07, 6.45) is 5.97. The van der Waals surface area contributed by atoms with Crippen molar-refractivity contribution in [3.05, 3.63) is 11.4 Å². The van der Waals surface area contributed by atoms with Crippen LogP contribution in [0.5, 0.6) is 0 Å². The van der Waals surface area contributed by atoms with Gasteiger partial charge in [-0.2, -0.15) is 0 Å². The summed E-state index contributed by atoms with van der Waals surface area (Å²) in [4.78, 5) is 9.34. The first-order valence-electron chi connectivity index (χ1n) is 7.99. The molecular weight excluding hydrogens is 248 g/mol. The topological polar surface area (TPSA) is 49.8 Å². The average molecular weight is 276 g/mol. The van der Waals surface area contributed by atoms with E-state index in [9.17, 15) is 0 Å². The van der Waals surface area contributed by atoms with Crippen LogP contribution in [0.3, 0.4) is 0 Å². The van der Waals surface area contributed by atoms with E-state index >= 15 is 0 Å². The maximum absolute atomic E-state index is 4.71. The van der Waals surface area contributed by atoms with Crippen molar-refractivity contribution in [3.8, 4) is 0 Å². The summed E-state index contributed by atoms with van der Waals surface area (Å²) in [6, 6.07) is 0. The van der Waals surface area contributed by atoms with Crippen molar-refractivity contribution >= 4 is 11.6 Å². The van der Waals surface area contributed by atoms with Crippen molar-refractivity contribution in [1.29, 1.82) is 0 Å². The van der Waals surface area contributed by atoms with E-state index in [1.54, 1.807) is 0 Å². The Morgan fingerprint density at radius 2 is 1.70 bits per heavy atom. The summed E-state index contributed by atoms with van der Waals surface area (Å²) in [7, 11) is 0. The Balaban J connectivity index is 2.16. The van der Waals surface area contributed by atoms with Gasteiger partial charge in [0.1, 0.15) is 17.5 Å². The van der Waals surface area contributed by atoms with Crippen LogP contribution in [0.25, 0.3) is 0 Å². The second-order valence-electron chi connectivity index (χ2n) is 5.95. The molecule has 1 aromatic heterocycles. The minimum Gasteiger partial charge on any atom is -0.370 e. The molecule has 1 saturated carbocycles. The zero-order valence-electron chi connectivity index (χ0n) is 13.3. The molecule has 0 radical (unpaired) electrons. The molecule has 0 amide bonds. The number of nitrogens with zero attached hydrogens (tertiary/aromatic N) is 2. The quantitative estimate of drug-likeness (QED) is 0.759. The lowest BCUT2D eigenvalue weighted by molar-refractivity contribution is 0.520. The van der Waals surface area contributed by atoms with Crippen LogP contribution in [0.4, 0.5) is 11.6 Å². The lowest BCUT2D eigenvalue weighted by atomic mass is 10.0. The standard InChI is InChI=1S/C16H28N4/c1-5-8-13-19-14(17-7-3)12(4)15(20-13)18-11-16(6-2)9-10-16/h5-11H2,1-4H3,(H2,17,18,19,20). The molecule has 112 valence electrons. The lowest BCUT2D eigenvalue weighted by Gasteiger charge is -2.18. The van der Waals surface area contributed by atoms with E-state index in [4.69, 9.17) is 4.98 Å². The van der Waals surface area contributed by atoms with E-state index in [2.05, 4.69) is 43.3 Å². The highest BCUT2D eigenvalue weighted by atomic mass is 15.1. The third-order valence-electron chi connectivity index (χ3n) is 4.35. The monoisotopic (exact) mass is 276 g/mol. The molecule has 0 aromatic carbocycles. The van der Waals surface area contributed by atoms with Crippen LogP contribution in [0, 0.1) is 12.3 Å². The van der Waals surface area contributed by atoms with E-state index in [1.165, 1.54) is 19.3 Å². The fourth-order valence-corrected chi connectivity index (χ4v) is 2.51. The SMILES string of the molecule is CCCc1nc(NCC)c(C)c(NCC2(CC)CC2)n1. The Labute approximate surface area is 122 Å². The van der Waals surface area contributed by atoms with Crippen LogP contribution in [0.1, 0.15) is 57.8 Å². The summed E-state index contributed by atoms with van der Waals surface area (Å²) in [5.41, 5.74) is 1.67. The molecule has 1 aliphatic carbocycles. The van der Waals surface area contributed by atoms with Crippen molar-refractivity contribution in [2.45, 2.75) is 59.8 Å². The smallest absolute Gasteiger partial charge is 0.134 e. The molecule has 4 heteroatoms. The molecule has 4 nitrogen and oxygen atoms in total. The van der Waals surface area contributed by atoms with Gasteiger partial charge in [0.15, 0.2) is 0 Å². The second-order valence-corrected chi connectivity index (χ2v) is 5.95. The van der Waals surface area contributed by atoms with E-state index < -0.39 is 0 Å². The van der Waals surface area contributed by atoms with Gasteiger partial charge in [0, 0.05) is 25.1 Å². The highest BCUT2D eigenvalue weighted by Gasteiger charge is 2.40. The molecule has 0 spiro atoms. The Hall–Kier alpha value is -1.32. The molecule has 1 fully saturated rings. The predicted molar refractivity (Wildman–Crippen MR) is 85.4 cm³/mol. The van der Waals surface area contributed by atoms with Crippen LogP contribution in [0.15, 0.2) is 0 Å². The fourth-order valence-electron chi connectivity index (χ4n) is 2.51. The van der Waals surface area contributed by atoms with Gasteiger partial charge in [-0.05, 0) is 44.9 Å². The molecule has 0 bridgehead atoms. The molecule has 0 atom stereocenters. The van der Waals surface area contributed by atoms with Crippen molar-refractivity contribution in [2.75, 3.05) is 23.7 Å². The zero-order valence-corrected chi connectivity index (χ0v) is 13.3. The third kappa shape index (κ3) is 3.41. The zero-order chi connectivity index (χ0) is 14.6. The van der Waals surface area contributed by atoms with Crippen molar-refractivity contribution in [3.63, 3.8) is 0 Å². The fraction of sp³-hybridized carbons (Fsp3) is 0.750.